The summed E-state index contributed by atoms with van der Waals surface area (Å²) >= 11 is 9.45. The Morgan fingerprint density at radius 3 is 3.10 bits per heavy atom. The van der Waals surface area contributed by atoms with Gasteiger partial charge in [0.15, 0.2) is 0 Å². The highest BCUT2D eigenvalue weighted by Crippen LogP contribution is 2.22. The Kier molecular flexibility index (Phi) is 6.33. The lowest BCUT2D eigenvalue weighted by Gasteiger charge is -2.22. The van der Waals surface area contributed by atoms with Gasteiger partial charge in [0.25, 0.3) is 0 Å². The molecule has 1 aromatic rings. The summed E-state index contributed by atoms with van der Waals surface area (Å²) in [6, 6.07) is 5.67. The first-order chi connectivity index (χ1) is 9.65. The fourth-order valence-electron chi connectivity index (χ4n) is 2.43. The zero-order chi connectivity index (χ0) is 14.4. The maximum absolute atomic E-state index is 11.9. The highest BCUT2D eigenvalue weighted by Gasteiger charge is 2.14. The maximum Gasteiger partial charge on any atom is 0.220 e. The molecule has 1 atom stereocenters. The van der Waals surface area contributed by atoms with Crippen LogP contribution >= 0.6 is 27.5 Å². The van der Waals surface area contributed by atoms with Crippen LogP contribution in [0.15, 0.2) is 22.7 Å². The monoisotopic (exact) mass is 358 g/mol. The van der Waals surface area contributed by atoms with Crippen LogP contribution in [0.25, 0.3) is 0 Å². The summed E-state index contributed by atoms with van der Waals surface area (Å²) < 4.78 is 1.01. The van der Waals surface area contributed by atoms with E-state index < -0.39 is 0 Å². The fourth-order valence-corrected chi connectivity index (χ4v) is 3.07. The minimum atomic E-state index is 0.113. The summed E-state index contributed by atoms with van der Waals surface area (Å²) in [5, 5.41) is 7.09. The Balaban J connectivity index is 1.73. The smallest absolute Gasteiger partial charge is 0.220 e. The highest BCUT2D eigenvalue weighted by atomic mass is 79.9. The number of carbonyl (C=O) groups is 1. The van der Waals surface area contributed by atoms with Gasteiger partial charge < -0.3 is 10.6 Å². The maximum atomic E-state index is 11.9. The summed E-state index contributed by atoms with van der Waals surface area (Å²) in [7, 11) is 0. The minimum absolute atomic E-state index is 0.113. The van der Waals surface area contributed by atoms with Crippen LogP contribution in [-0.2, 0) is 11.2 Å². The molecule has 20 heavy (non-hydrogen) atoms. The molecule has 1 aromatic carbocycles. The first kappa shape index (κ1) is 15.8. The summed E-state index contributed by atoms with van der Waals surface area (Å²) in [5.41, 5.74) is 1.08. The Bertz CT molecular complexity index is 461. The molecule has 1 saturated heterocycles. The van der Waals surface area contributed by atoms with Crippen molar-refractivity contribution in [2.24, 2.45) is 5.92 Å². The molecule has 3 nitrogen and oxygen atoms in total. The molecule has 1 aliphatic heterocycles. The Labute approximate surface area is 133 Å². The Morgan fingerprint density at radius 1 is 1.50 bits per heavy atom. The van der Waals surface area contributed by atoms with Crippen molar-refractivity contribution in [2.75, 3.05) is 19.6 Å². The molecule has 1 heterocycles. The van der Waals surface area contributed by atoms with Crippen LogP contribution in [0.5, 0.6) is 0 Å². The van der Waals surface area contributed by atoms with E-state index in [-0.39, 0.29) is 5.91 Å². The largest absolute Gasteiger partial charge is 0.356 e. The number of hydrogen-bond donors (Lipinski definition) is 2. The van der Waals surface area contributed by atoms with Crippen molar-refractivity contribution in [3.63, 3.8) is 0 Å². The molecule has 0 saturated carbocycles. The molecule has 110 valence electrons. The zero-order valence-electron chi connectivity index (χ0n) is 11.4. The standard InChI is InChI=1S/C15H20BrClN2O/c16-14-5-4-13(17)8-12(14)3-6-15(20)19-10-11-2-1-7-18-9-11/h4-5,8,11,18H,1-3,6-7,9-10H2,(H,19,20). The van der Waals surface area contributed by atoms with Gasteiger partial charge in [0.05, 0.1) is 0 Å². The van der Waals surface area contributed by atoms with Gasteiger partial charge in [0.1, 0.15) is 0 Å². The molecule has 0 spiro atoms. The van der Waals surface area contributed by atoms with Gasteiger partial charge in [-0.1, -0.05) is 27.5 Å². The van der Waals surface area contributed by atoms with Gasteiger partial charge in [-0.3, -0.25) is 4.79 Å². The van der Waals surface area contributed by atoms with Gasteiger partial charge in [-0.15, -0.1) is 0 Å². The molecule has 5 heteroatoms. The van der Waals surface area contributed by atoms with E-state index in [1.54, 1.807) is 0 Å². The van der Waals surface area contributed by atoms with Crippen molar-refractivity contribution < 1.29 is 4.79 Å². The second-order valence-corrected chi connectivity index (χ2v) is 6.54. The van der Waals surface area contributed by atoms with Crippen LogP contribution in [0.3, 0.4) is 0 Å². The predicted molar refractivity (Wildman–Crippen MR) is 86.1 cm³/mol. The molecule has 0 bridgehead atoms. The average molecular weight is 360 g/mol. The fraction of sp³-hybridized carbons (Fsp3) is 0.533. The number of rotatable bonds is 5. The van der Waals surface area contributed by atoms with Crippen molar-refractivity contribution in [3.05, 3.63) is 33.3 Å². The number of halogens is 2. The van der Waals surface area contributed by atoms with Crippen LogP contribution in [0.1, 0.15) is 24.8 Å². The molecule has 1 aliphatic rings. The SMILES string of the molecule is O=C(CCc1cc(Cl)ccc1Br)NCC1CCCNC1. The van der Waals surface area contributed by atoms with E-state index in [1.807, 2.05) is 18.2 Å². The molecular formula is C15H20BrClN2O. The van der Waals surface area contributed by atoms with Crippen molar-refractivity contribution in [3.8, 4) is 0 Å². The lowest BCUT2D eigenvalue weighted by molar-refractivity contribution is -0.121. The molecule has 2 rings (SSSR count). The molecule has 0 aliphatic carbocycles. The van der Waals surface area contributed by atoms with Gasteiger partial charge >= 0.3 is 0 Å². The van der Waals surface area contributed by atoms with E-state index in [0.717, 1.165) is 29.7 Å². The summed E-state index contributed by atoms with van der Waals surface area (Å²) in [6.45, 7) is 2.90. The molecule has 0 aromatic heterocycles. The lowest BCUT2D eigenvalue weighted by Crippen LogP contribution is -2.38. The molecule has 1 amide bonds. The summed E-state index contributed by atoms with van der Waals surface area (Å²) in [5.74, 6) is 0.688. The quantitative estimate of drug-likeness (QED) is 0.848. The number of piperidine rings is 1. The average Bonchev–Trinajstić information content (AvgIpc) is 2.47. The topological polar surface area (TPSA) is 41.1 Å². The predicted octanol–water partition coefficient (Wildman–Crippen LogP) is 3.15. The zero-order valence-corrected chi connectivity index (χ0v) is 13.8. The van der Waals surface area contributed by atoms with Gasteiger partial charge in [0.2, 0.25) is 5.91 Å². The van der Waals surface area contributed by atoms with E-state index in [9.17, 15) is 4.79 Å². The van der Waals surface area contributed by atoms with Crippen molar-refractivity contribution >= 4 is 33.4 Å². The third-order valence-electron chi connectivity index (χ3n) is 3.62. The van der Waals surface area contributed by atoms with E-state index >= 15 is 0 Å². The van der Waals surface area contributed by atoms with Crippen LogP contribution in [0.2, 0.25) is 5.02 Å². The van der Waals surface area contributed by atoms with Gasteiger partial charge in [-0.05, 0) is 62.0 Å². The number of benzene rings is 1. The molecule has 0 radical (unpaired) electrons. The van der Waals surface area contributed by atoms with Crippen LogP contribution < -0.4 is 10.6 Å². The number of nitrogens with one attached hydrogen (secondary N) is 2. The van der Waals surface area contributed by atoms with Crippen molar-refractivity contribution in [1.29, 1.82) is 0 Å². The van der Waals surface area contributed by atoms with Crippen molar-refractivity contribution in [1.82, 2.24) is 10.6 Å². The summed E-state index contributed by atoms with van der Waals surface area (Å²) in [4.78, 5) is 11.9. The Hall–Kier alpha value is -0.580. The van der Waals surface area contributed by atoms with Gasteiger partial charge in [-0.25, -0.2) is 0 Å². The normalized spacial score (nSPS) is 18.8. The number of hydrogen-bond acceptors (Lipinski definition) is 2. The first-order valence-electron chi connectivity index (χ1n) is 7.06. The van der Waals surface area contributed by atoms with Crippen LogP contribution in [0, 0.1) is 5.92 Å². The second kappa shape index (κ2) is 8.01. The van der Waals surface area contributed by atoms with Gasteiger partial charge in [0, 0.05) is 22.5 Å². The second-order valence-electron chi connectivity index (χ2n) is 5.25. The van der Waals surface area contributed by atoms with E-state index in [1.165, 1.54) is 12.8 Å². The number of amides is 1. The molecular weight excluding hydrogens is 340 g/mol. The first-order valence-corrected chi connectivity index (χ1v) is 8.23. The molecule has 1 unspecified atom stereocenters. The van der Waals surface area contributed by atoms with Crippen LogP contribution in [0.4, 0.5) is 0 Å². The van der Waals surface area contributed by atoms with E-state index in [2.05, 4.69) is 26.6 Å². The minimum Gasteiger partial charge on any atom is -0.356 e. The number of aryl methyl sites for hydroxylation is 1. The third-order valence-corrected chi connectivity index (χ3v) is 4.62. The van der Waals surface area contributed by atoms with Gasteiger partial charge in [-0.2, -0.15) is 0 Å². The highest BCUT2D eigenvalue weighted by molar-refractivity contribution is 9.10. The van der Waals surface area contributed by atoms with Crippen molar-refractivity contribution in [2.45, 2.75) is 25.7 Å². The lowest BCUT2D eigenvalue weighted by atomic mass is 10.00. The Morgan fingerprint density at radius 2 is 2.35 bits per heavy atom. The van der Waals surface area contributed by atoms with Crippen LogP contribution in [-0.4, -0.2) is 25.5 Å². The molecule has 1 fully saturated rings. The van der Waals surface area contributed by atoms with E-state index in [0.29, 0.717) is 23.8 Å². The third kappa shape index (κ3) is 5.08. The molecule has 2 N–H and O–H groups in total. The summed E-state index contributed by atoms with van der Waals surface area (Å²) in [6.07, 6.45) is 3.61. The number of carbonyl (C=O) groups excluding carboxylic acids is 1. The van der Waals surface area contributed by atoms with E-state index in [4.69, 9.17) is 11.6 Å².